The number of hydrogen-bond acceptors (Lipinski definition) is 5. The molecule has 1 atom stereocenters. The van der Waals surface area contributed by atoms with E-state index in [0.29, 0.717) is 17.0 Å². The Balaban J connectivity index is 2.15. The van der Waals surface area contributed by atoms with Crippen molar-refractivity contribution in [2.24, 2.45) is 0 Å². The van der Waals surface area contributed by atoms with Crippen LogP contribution < -0.4 is 10.4 Å². The van der Waals surface area contributed by atoms with Crippen molar-refractivity contribution in [3.8, 4) is 0 Å². The van der Waals surface area contributed by atoms with Crippen LogP contribution in [0.1, 0.15) is 33.6 Å². The van der Waals surface area contributed by atoms with Crippen LogP contribution in [0.2, 0.25) is 5.02 Å². The smallest absolute Gasteiger partial charge is 0.444 e. The monoisotopic (exact) mass is 368 g/mol. The summed E-state index contributed by atoms with van der Waals surface area (Å²) < 4.78 is 5.44. The molecule has 0 aromatic heterocycles. The van der Waals surface area contributed by atoms with Crippen LogP contribution in [-0.2, 0) is 4.74 Å². The van der Waals surface area contributed by atoms with E-state index in [1.807, 2.05) is 20.8 Å². The van der Waals surface area contributed by atoms with Gasteiger partial charge in [-0.25, -0.2) is 4.79 Å². The van der Waals surface area contributed by atoms with Crippen molar-refractivity contribution >= 4 is 36.0 Å². The summed E-state index contributed by atoms with van der Waals surface area (Å²) in [5.74, 6) is 0. The summed E-state index contributed by atoms with van der Waals surface area (Å²) in [5.41, 5.74) is 0.555. The first-order valence-electron chi connectivity index (χ1n) is 8.45. The lowest BCUT2D eigenvalue weighted by Crippen LogP contribution is -2.51. The maximum atomic E-state index is 12.3. The second-order valence-corrected chi connectivity index (χ2v) is 7.85. The lowest BCUT2D eigenvalue weighted by molar-refractivity contribution is 0.0210. The summed E-state index contributed by atoms with van der Waals surface area (Å²) in [6.07, 6.45) is 1.41. The molecule has 6 nitrogen and oxygen atoms in total. The minimum absolute atomic E-state index is 0.0111. The number of carbonyl (C=O) groups is 1. The van der Waals surface area contributed by atoms with Crippen LogP contribution in [0, 0.1) is 0 Å². The Labute approximate surface area is 154 Å². The lowest BCUT2D eigenvalue weighted by Gasteiger charge is -2.39. The van der Waals surface area contributed by atoms with Gasteiger partial charge in [0, 0.05) is 36.3 Å². The van der Waals surface area contributed by atoms with Crippen molar-refractivity contribution < 1.29 is 19.6 Å². The third-order valence-electron chi connectivity index (χ3n) is 4.23. The standard InChI is InChI=1S/C17H26BClN2O4/c1-17(2,3)25-16(22)20(4)13-6-5-9-21(11-13)15-8-7-12(19)10-14(15)18(23)24/h7-8,10,13,23-24H,5-6,9,11H2,1-4H3. The number of ether oxygens (including phenoxy) is 1. The van der Waals surface area contributed by atoms with E-state index in [2.05, 4.69) is 4.90 Å². The van der Waals surface area contributed by atoms with Crippen molar-refractivity contribution in [3.63, 3.8) is 0 Å². The van der Waals surface area contributed by atoms with Gasteiger partial charge in [0.25, 0.3) is 0 Å². The zero-order valence-corrected chi connectivity index (χ0v) is 16.0. The maximum absolute atomic E-state index is 12.3. The predicted molar refractivity (Wildman–Crippen MR) is 101 cm³/mol. The molecule has 1 fully saturated rings. The number of benzene rings is 1. The van der Waals surface area contributed by atoms with Gasteiger partial charge < -0.3 is 24.6 Å². The molecule has 138 valence electrons. The molecule has 2 N–H and O–H groups in total. The van der Waals surface area contributed by atoms with E-state index in [9.17, 15) is 14.8 Å². The van der Waals surface area contributed by atoms with E-state index in [1.165, 1.54) is 0 Å². The van der Waals surface area contributed by atoms with Gasteiger partial charge in [0.1, 0.15) is 5.60 Å². The van der Waals surface area contributed by atoms with Gasteiger partial charge in [-0.3, -0.25) is 0 Å². The first-order chi connectivity index (χ1) is 11.6. The number of halogens is 1. The van der Waals surface area contributed by atoms with E-state index in [0.717, 1.165) is 25.1 Å². The number of carbonyl (C=O) groups excluding carboxylic acids is 1. The molecule has 0 saturated carbocycles. The highest BCUT2D eigenvalue weighted by atomic mass is 35.5. The van der Waals surface area contributed by atoms with Crippen LogP contribution in [0.5, 0.6) is 0 Å². The average Bonchev–Trinajstić information content (AvgIpc) is 2.52. The van der Waals surface area contributed by atoms with Crippen molar-refractivity contribution in [1.82, 2.24) is 4.90 Å². The second-order valence-electron chi connectivity index (χ2n) is 7.41. The van der Waals surface area contributed by atoms with E-state index < -0.39 is 12.7 Å². The first kappa shape index (κ1) is 19.9. The average molecular weight is 369 g/mol. The lowest BCUT2D eigenvalue weighted by atomic mass is 9.78. The first-order valence-corrected chi connectivity index (χ1v) is 8.82. The molecule has 1 unspecified atom stereocenters. The highest BCUT2D eigenvalue weighted by Gasteiger charge is 2.31. The number of nitrogens with zero attached hydrogens (tertiary/aromatic N) is 2. The summed E-state index contributed by atoms with van der Waals surface area (Å²) >= 11 is 5.97. The van der Waals surface area contributed by atoms with Gasteiger partial charge in [-0.1, -0.05) is 11.6 Å². The molecule has 1 heterocycles. The van der Waals surface area contributed by atoms with E-state index in [4.69, 9.17) is 16.3 Å². The fourth-order valence-electron chi connectivity index (χ4n) is 2.99. The molecule has 0 aliphatic carbocycles. The zero-order chi connectivity index (χ0) is 18.8. The molecule has 0 bridgehead atoms. The van der Waals surface area contributed by atoms with Crippen molar-refractivity contribution in [3.05, 3.63) is 23.2 Å². The molecule has 2 rings (SSSR count). The van der Waals surface area contributed by atoms with Gasteiger partial charge in [-0.2, -0.15) is 0 Å². The normalized spacial score (nSPS) is 18.0. The van der Waals surface area contributed by atoms with Crippen LogP contribution in [0.3, 0.4) is 0 Å². The largest absolute Gasteiger partial charge is 0.490 e. The quantitative estimate of drug-likeness (QED) is 0.797. The summed E-state index contributed by atoms with van der Waals surface area (Å²) in [7, 11) is 0.143. The molecule has 1 aliphatic rings. The molecule has 0 radical (unpaired) electrons. The minimum Gasteiger partial charge on any atom is -0.444 e. The van der Waals surface area contributed by atoms with Crippen molar-refractivity contribution in [1.29, 1.82) is 0 Å². The van der Waals surface area contributed by atoms with Crippen LogP contribution >= 0.6 is 11.6 Å². The number of piperidine rings is 1. The molecule has 25 heavy (non-hydrogen) atoms. The number of rotatable bonds is 3. The molecular formula is C17H26BClN2O4. The summed E-state index contributed by atoms with van der Waals surface area (Å²) in [5, 5.41) is 19.7. The Morgan fingerprint density at radius 3 is 2.68 bits per heavy atom. The SMILES string of the molecule is CN(C(=O)OC(C)(C)C)C1CCCN(c2ccc(Cl)cc2B(O)O)C1. The minimum atomic E-state index is -1.60. The molecule has 1 aromatic carbocycles. The molecular weight excluding hydrogens is 342 g/mol. The number of amides is 1. The summed E-state index contributed by atoms with van der Waals surface area (Å²) in [6, 6.07) is 5.06. The second kappa shape index (κ2) is 7.85. The van der Waals surface area contributed by atoms with Crippen molar-refractivity contribution in [2.75, 3.05) is 25.0 Å². The van der Waals surface area contributed by atoms with E-state index in [1.54, 1.807) is 30.1 Å². The van der Waals surface area contributed by atoms with Gasteiger partial charge in [0.15, 0.2) is 0 Å². The topological polar surface area (TPSA) is 73.2 Å². The Morgan fingerprint density at radius 2 is 2.08 bits per heavy atom. The Bertz CT molecular complexity index is 621. The third-order valence-corrected chi connectivity index (χ3v) is 4.47. The van der Waals surface area contributed by atoms with Gasteiger partial charge in [-0.05, 0) is 51.8 Å². The summed E-state index contributed by atoms with van der Waals surface area (Å²) in [4.78, 5) is 16.0. The Kier molecular flexibility index (Phi) is 6.24. The van der Waals surface area contributed by atoms with Gasteiger partial charge >= 0.3 is 13.2 Å². The zero-order valence-electron chi connectivity index (χ0n) is 15.2. The maximum Gasteiger partial charge on any atom is 0.490 e. The van der Waals surface area contributed by atoms with E-state index in [-0.39, 0.29) is 12.1 Å². The van der Waals surface area contributed by atoms with E-state index >= 15 is 0 Å². The number of likely N-dealkylation sites (N-methyl/N-ethyl adjacent to an activating group) is 1. The van der Waals surface area contributed by atoms with Gasteiger partial charge in [-0.15, -0.1) is 0 Å². The van der Waals surface area contributed by atoms with Crippen molar-refractivity contribution in [2.45, 2.75) is 45.3 Å². The molecule has 1 amide bonds. The molecule has 1 saturated heterocycles. The van der Waals surface area contributed by atoms with Crippen LogP contribution in [0.25, 0.3) is 0 Å². The van der Waals surface area contributed by atoms with Crippen LogP contribution in [0.4, 0.5) is 10.5 Å². The van der Waals surface area contributed by atoms with Gasteiger partial charge in [0.05, 0.1) is 6.04 Å². The third kappa shape index (κ3) is 5.27. The molecule has 0 spiro atoms. The summed E-state index contributed by atoms with van der Waals surface area (Å²) in [6.45, 7) is 6.90. The fourth-order valence-corrected chi connectivity index (χ4v) is 3.17. The Morgan fingerprint density at radius 1 is 1.40 bits per heavy atom. The van der Waals surface area contributed by atoms with Crippen LogP contribution in [-0.4, -0.2) is 59.9 Å². The van der Waals surface area contributed by atoms with Crippen LogP contribution in [0.15, 0.2) is 18.2 Å². The predicted octanol–water partition coefficient (Wildman–Crippen LogP) is 1.86. The fraction of sp³-hybridized carbons (Fsp3) is 0.588. The Hall–Kier alpha value is -1.44. The molecule has 1 aliphatic heterocycles. The highest BCUT2D eigenvalue weighted by Crippen LogP contribution is 2.23. The number of hydrogen-bond donors (Lipinski definition) is 2. The molecule has 1 aromatic rings. The number of anilines is 1. The molecule has 8 heteroatoms. The highest BCUT2D eigenvalue weighted by molar-refractivity contribution is 6.61. The van der Waals surface area contributed by atoms with Gasteiger partial charge in [0.2, 0.25) is 0 Å².